The zero-order valence-corrected chi connectivity index (χ0v) is 61.5. The third-order valence-electron chi connectivity index (χ3n) is 17.7. The third kappa shape index (κ3) is 25.5. The number of carbonyl (C=O) groups is 11. The molecular formula is C75H98N14O15S2. The molecule has 0 spiro atoms. The van der Waals surface area contributed by atoms with Crippen LogP contribution in [0.2, 0.25) is 0 Å². The molecule has 1 aliphatic heterocycles. The van der Waals surface area contributed by atoms with Gasteiger partial charge in [0, 0.05) is 80.3 Å². The molecule has 106 heavy (non-hydrogen) atoms. The van der Waals surface area contributed by atoms with Crippen LogP contribution in [0.15, 0.2) is 146 Å². The fraction of sp³-hybridized carbons (Fsp3) is 0.427. The number of aliphatic hydroxyl groups is 3. The summed E-state index contributed by atoms with van der Waals surface area (Å²) in [7, 11) is 2.97. The molecule has 31 heteroatoms. The Kier molecular flexibility index (Phi) is 33.0. The van der Waals surface area contributed by atoms with Gasteiger partial charge in [-0.25, -0.2) is 4.79 Å². The minimum Gasteiger partial charge on any atom is -0.480 e. The van der Waals surface area contributed by atoms with Gasteiger partial charge in [0.25, 0.3) is 0 Å². The number of nitrogens with one attached hydrogen (secondary N) is 11. The fourth-order valence-corrected chi connectivity index (χ4v) is 14.1. The van der Waals surface area contributed by atoms with Crippen LogP contribution in [-0.4, -0.2) is 212 Å². The fourth-order valence-electron chi connectivity index (χ4n) is 11.8. The van der Waals surface area contributed by atoms with Crippen LogP contribution >= 0.6 is 21.6 Å². The maximum atomic E-state index is 15.6. The molecule has 29 nitrogen and oxygen atoms in total. The van der Waals surface area contributed by atoms with Crippen LogP contribution < -0.4 is 64.6 Å². The molecule has 2 heterocycles. The van der Waals surface area contributed by atoms with E-state index in [1.165, 1.54) is 6.92 Å². The largest absolute Gasteiger partial charge is 0.480 e. The van der Waals surface area contributed by atoms with Gasteiger partial charge >= 0.3 is 5.97 Å². The lowest BCUT2D eigenvalue weighted by molar-refractivity contribution is -0.147. The number of likely N-dealkylation sites (N-methyl/N-ethyl adjacent to an activating group) is 1. The predicted octanol–water partition coefficient (Wildman–Crippen LogP) is 0.0592. The van der Waals surface area contributed by atoms with Crippen molar-refractivity contribution in [3.63, 3.8) is 0 Å². The number of aliphatic hydroxyl groups excluding tert-OH is 3. The molecular weight excluding hydrogens is 1400 g/mol. The Morgan fingerprint density at radius 2 is 0.934 bits per heavy atom. The van der Waals surface area contributed by atoms with Gasteiger partial charge in [0.1, 0.15) is 60.4 Å². The van der Waals surface area contributed by atoms with Gasteiger partial charge in [-0.2, -0.15) is 0 Å². The molecule has 0 aliphatic carbocycles. The van der Waals surface area contributed by atoms with E-state index in [1.807, 2.05) is 38.1 Å². The first-order valence-electron chi connectivity index (χ1n) is 35.1. The van der Waals surface area contributed by atoms with Crippen LogP contribution in [0, 0.1) is 0 Å². The monoisotopic (exact) mass is 1500 g/mol. The van der Waals surface area contributed by atoms with E-state index in [9.17, 15) is 54.0 Å². The van der Waals surface area contributed by atoms with Crippen LogP contribution in [-0.2, 0) is 91.4 Å². The molecule has 1 aromatic heterocycles. The van der Waals surface area contributed by atoms with Gasteiger partial charge < -0.3 is 94.9 Å². The number of para-hydroxylation sites is 1. The van der Waals surface area contributed by atoms with Crippen LogP contribution in [0.1, 0.15) is 80.3 Å². The Hall–Kier alpha value is -9.73. The number of hydrogen-bond acceptors (Lipinski definition) is 19. The Morgan fingerprint density at radius 3 is 1.43 bits per heavy atom. The molecule has 1 fully saturated rings. The molecule has 0 unspecified atom stereocenters. The van der Waals surface area contributed by atoms with Gasteiger partial charge in [-0.05, 0) is 79.1 Å². The molecule has 0 bridgehead atoms. The van der Waals surface area contributed by atoms with Crippen molar-refractivity contribution in [2.75, 3.05) is 31.7 Å². The number of carboxylic acids is 1. The lowest BCUT2D eigenvalue weighted by Crippen LogP contribution is -2.63. The standard InChI is InChI=1S/C75H98N14O15S2/c1-43(2)78-38-50-30-28-49(29-31-50)35-58-70(98)88-63(44(3)91)72(100)85-60(36-48-23-13-8-14-24-48)74(102)89(5)64(45(4)92)73(101)86-61(40-90)71(99)87-62(75(103)104)42-106-105-41-53(77)65(93)80-55(27-17-18-32-76)66(94)81-56(33-46-19-9-6-10-20-46)67(95)82-57(34-47-21-11-7-12-22-47)68(96)84-59(69(97)83-58)37-51-39-79-54-26-16-15-25-52(51)54/h6-16,19-26,28-31,39,43-45,53,55-64,78-79,90-92H,17-18,27,32-38,40-42,76-77H2,1-5H3,(H,80,93)(H,81,94)(H,82,95)(H,83,97)(H,84,96)(H,85,100)(H,86,101)(H,87,99)(H,88,98)(H,103,104)/t44-,45-,53-,55-,56-,57+,58+,59+,60+,61+,62+,63-,64-/m1/s1. The van der Waals surface area contributed by atoms with Crippen molar-refractivity contribution in [2.45, 2.75) is 170 Å². The maximum Gasteiger partial charge on any atom is 0.327 e. The Bertz CT molecular complexity index is 3920. The smallest absolute Gasteiger partial charge is 0.327 e. The maximum absolute atomic E-state index is 15.6. The summed E-state index contributed by atoms with van der Waals surface area (Å²) in [5.41, 5.74) is 16.5. The number of nitrogens with two attached hydrogens (primary N) is 2. The quantitative estimate of drug-likeness (QED) is 0.0335. The van der Waals surface area contributed by atoms with Gasteiger partial charge in [-0.1, -0.05) is 169 Å². The summed E-state index contributed by atoms with van der Waals surface area (Å²) in [6, 6.07) is 22.6. The summed E-state index contributed by atoms with van der Waals surface area (Å²) in [6.45, 7) is 5.96. The predicted molar refractivity (Wildman–Crippen MR) is 402 cm³/mol. The van der Waals surface area contributed by atoms with Crippen LogP contribution in [0.4, 0.5) is 0 Å². The first-order valence-corrected chi connectivity index (χ1v) is 37.6. The zero-order valence-electron chi connectivity index (χ0n) is 59.8. The second-order valence-corrected chi connectivity index (χ2v) is 29.1. The lowest BCUT2D eigenvalue weighted by Gasteiger charge is -2.34. The molecule has 13 atom stereocenters. The summed E-state index contributed by atoms with van der Waals surface area (Å²) in [4.78, 5) is 165. The van der Waals surface area contributed by atoms with E-state index in [0.29, 0.717) is 58.1 Å². The molecule has 7 rings (SSSR count). The average molecular weight is 1500 g/mol. The normalized spacial score (nSPS) is 23.8. The van der Waals surface area contributed by atoms with Gasteiger partial charge in [0.15, 0.2) is 0 Å². The van der Waals surface area contributed by atoms with E-state index in [2.05, 4.69) is 58.2 Å². The molecule has 5 aromatic carbocycles. The number of benzene rings is 5. The minimum absolute atomic E-state index is 0.0302. The van der Waals surface area contributed by atoms with E-state index in [0.717, 1.165) is 46.0 Å². The van der Waals surface area contributed by atoms with Crippen molar-refractivity contribution in [1.82, 2.24) is 63.1 Å². The number of rotatable bonds is 21. The van der Waals surface area contributed by atoms with Crippen molar-refractivity contribution in [2.24, 2.45) is 11.5 Å². The number of unbranched alkanes of at least 4 members (excludes halogenated alkanes) is 1. The lowest BCUT2D eigenvalue weighted by atomic mass is 9.99. The Balaban J connectivity index is 1.33. The van der Waals surface area contributed by atoms with Gasteiger partial charge in [-0.15, -0.1) is 0 Å². The summed E-state index contributed by atoms with van der Waals surface area (Å²) in [5.74, 6) is -11.8. The van der Waals surface area contributed by atoms with Crippen molar-refractivity contribution in [3.05, 3.63) is 179 Å². The van der Waals surface area contributed by atoms with Crippen molar-refractivity contribution in [1.29, 1.82) is 0 Å². The molecule has 6 aromatic rings. The van der Waals surface area contributed by atoms with E-state index >= 15 is 19.2 Å². The van der Waals surface area contributed by atoms with Gasteiger partial charge in [0.05, 0.1) is 24.9 Å². The third-order valence-corrected chi connectivity index (χ3v) is 20.2. The second-order valence-electron chi connectivity index (χ2n) is 26.5. The van der Waals surface area contributed by atoms with Crippen molar-refractivity contribution >= 4 is 97.5 Å². The molecule has 1 saturated heterocycles. The highest BCUT2D eigenvalue weighted by Gasteiger charge is 2.41. The number of aliphatic carboxylic acids is 1. The highest BCUT2D eigenvalue weighted by molar-refractivity contribution is 8.76. The number of amides is 10. The van der Waals surface area contributed by atoms with E-state index in [1.54, 1.807) is 121 Å². The van der Waals surface area contributed by atoms with Gasteiger partial charge in [0.2, 0.25) is 59.1 Å². The molecule has 570 valence electrons. The second kappa shape index (κ2) is 41.8. The number of fused-ring (bicyclic) bond motifs is 1. The molecule has 1 aliphatic rings. The first-order chi connectivity index (χ1) is 50.7. The summed E-state index contributed by atoms with van der Waals surface area (Å²) >= 11 is 0. The summed E-state index contributed by atoms with van der Waals surface area (Å²) in [6.07, 6.45) is -1.99. The highest BCUT2D eigenvalue weighted by Crippen LogP contribution is 2.24. The number of H-pyrrole nitrogens is 1. The van der Waals surface area contributed by atoms with Gasteiger partial charge in [-0.3, -0.25) is 47.9 Å². The van der Waals surface area contributed by atoms with Crippen LogP contribution in [0.5, 0.6) is 0 Å². The number of carboxylic acid groups (broad SMARTS) is 1. The van der Waals surface area contributed by atoms with E-state index in [-0.39, 0.29) is 62.6 Å². The molecule has 10 amide bonds. The summed E-state index contributed by atoms with van der Waals surface area (Å²) < 4.78 is 0. The number of aromatic amines is 1. The minimum atomic E-state index is -1.88. The first kappa shape index (κ1) is 83.5. The van der Waals surface area contributed by atoms with Crippen molar-refractivity contribution < 1.29 is 73.2 Å². The average Bonchev–Trinajstić information content (AvgIpc) is 1.55. The van der Waals surface area contributed by atoms with Crippen LogP contribution in [0.25, 0.3) is 10.9 Å². The van der Waals surface area contributed by atoms with Crippen molar-refractivity contribution in [3.8, 4) is 0 Å². The number of aromatic nitrogens is 1. The number of carbonyl (C=O) groups excluding carboxylic acids is 10. The van der Waals surface area contributed by atoms with Crippen LogP contribution in [0.3, 0.4) is 0 Å². The number of hydrogen-bond donors (Lipinski definition) is 17. The van der Waals surface area contributed by atoms with E-state index < -0.39 is 150 Å². The number of nitrogens with zero attached hydrogens (tertiary/aromatic N) is 1. The Morgan fingerprint density at radius 1 is 0.500 bits per heavy atom. The molecule has 0 saturated carbocycles. The SMILES string of the molecule is CC(C)NCc1ccc(C[C@@H]2NC(=O)[C@H](Cc3c[nH]c4ccccc34)NC(=O)[C@H](Cc3ccccc3)NC(=O)[C@@H](Cc3ccccc3)NC(=O)[C@@H](CCCCN)NC(=O)[C@H](N)CSSC[C@@H](C(=O)O)NC(=O)[C@H](CO)NC(=O)[C@@H]([C@@H](C)O)N(C)C(=O)[C@H](Cc3ccccc3)NC(=O)[C@@H]([C@@H](C)O)NC2=O)cc1. The molecule has 19 N–H and O–H groups in total. The zero-order chi connectivity index (χ0) is 77.0. The summed E-state index contributed by atoms with van der Waals surface area (Å²) in [5, 5.41) is 71.2. The highest BCUT2D eigenvalue weighted by atomic mass is 33.1. The Labute approximate surface area is 623 Å². The topological polar surface area (TPSA) is 460 Å². The van der Waals surface area contributed by atoms with E-state index in [4.69, 9.17) is 11.5 Å². The molecule has 0 radical (unpaired) electrons.